The minimum atomic E-state index is -0.717. The van der Waals surface area contributed by atoms with E-state index in [9.17, 15) is 9.90 Å². The zero-order valence-corrected chi connectivity index (χ0v) is 17.5. The van der Waals surface area contributed by atoms with Gasteiger partial charge in [-0.1, -0.05) is 73.7 Å². The summed E-state index contributed by atoms with van der Waals surface area (Å²) in [5.74, 6) is 1.39. The van der Waals surface area contributed by atoms with Gasteiger partial charge in [0.25, 0.3) is 0 Å². The van der Waals surface area contributed by atoms with E-state index in [1.807, 2.05) is 37.3 Å². The van der Waals surface area contributed by atoms with E-state index >= 15 is 0 Å². The van der Waals surface area contributed by atoms with Gasteiger partial charge in [0, 0.05) is 5.92 Å². The third kappa shape index (κ3) is 5.21. The Labute approximate surface area is 179 Å². The minimum absolute atomic E-state index is 0.0758. The standard InChI is InChI=1S/C27H30O3/c1-19(27(28)29)26(21-14-15-21)22-12-9-13-24(16-22)30-18-23-17-25(23)20-10-7-5-3-2-4-6-8-11-20/h2-13,16,19,21,23,25-26H,14-15,17-18H2,1H3,(H,28,29). The maximum absolute atomic E-state index is 11.6. The average molecular weight is 403 g/mol. The molecule has 2 saturated carbocycles. The fourth-order valence-corrected chi connectivity index (χ4v) is 4.39. The molecule has 2 aromatic carbocycles. The Kier molecular flexibility index (Phi) is 6.37. The molecule has 0 heterocycles. The van der Waals surface area contributed by atoms with Crippen molar-refractivity contribution in [3.63, 3.8) is 0 Å². The van der Waals surface area contributed by atoms with Crippen molar-refractivity contribution in [2.24, 2.45) is 17.8 Å². The van der Waals surface area contributed by atoms with Crippen LogP contribution in [0.4, 0.5) is 0 Å². The molecule has 0 amide bonds. The molecule has 3 nitrogen and oxygen atoms in total. The maximum atomic E-state index is 11.6. The van der Waals surface area contributed by atoms with Crippen molar-refractivity contribution in [1.29, 1.82) is 0 Å². The molecular formula is C27H30O3. The number of hydrogen-bond donors (Lipinski definition) is 1. The second kappa shape index (κ2) is 9.34. The summed E-state index contributed by atoms with van der Waals surface area (Å²) in [6.07, 6.45) is 3.39. The van der Waals surface area contributed by atoms with E-state index < -0.39 is 5.97 Å². The number of hydrogen-bond acceptors (Lipinski definition) is 2. The van der Waals surface area contributed by atoms with Crippen LogP contribution < -0.4 is 4.74 Å². The van der Waals surface area contributed by atoms with Crippen LogP contribution in [0.2, 0.25) is 0 Å². The lowest BCUT2D eigenvalue weighted by molar-refractivity contribution is -0.142. The van der Waals surface area contributed by atoms with Crippen molar-refractivity contribution in [2.75, 3.05) is 6.61 Å². The number of aliphatic carboxylic acids is 1. The molecule has 2 aliphatic rings. The van der Waals surface area contributed by atoms with Crippen LogP contribution in [0.5, 0.6) is 5.75 Å². The molecule has 4 rings (SSSR count). The molecule has 2 fully saturated rings. The normalized spacial score (nSPS) is 21.8. The molecule has 4 atom stereocenters. The molecule has 3 heteroatoms. The van der Waals surface area contributed by atoms with Gasteiger partial charge in [-0.3, -0.25) is 4.79 Å². The molecule has 30 heavy (non-hydrogen) atoms. The van der Waals surface area contributed by atoms with Crippen LogP contribution in [0.3, 0.4) is 0 Å². The Bertz CT molecular complexity index is 908. The van der Waals surface area contributed by atoms with Crippen LogP contribution >= 0.6 is 0 Å². The molecule has 4 unspecified atom stereocenters. The molecule has 0 saturated heterocycles. The molecular weight excluding hydrogens is 372 g/mol. The second-order valence-electron chi connectivity index (χ2n) is 8.66. The number of carboxylic acids is 1. The number of carbonyl (C=O) groups is 1. The first-order valence-electron chi connectivity index (χ1n) is 11.0. The van der Waals surface area contributed by atoms with E-state index in [0.29, 0.717) is 24.4 Å². The summed E-state index contributed by atoms with van der Waals surface area (Å²) in [7, 11) is 0. The van der Waals surface area contributed by atoms with Gasteiger partial charge in [-0.15, -0.1) is 0 Å². The first-order chi connectivity index (χ1) is 14.6. The van der Waals surface area contributed by atoms with Crippen LogP contribution in [0.15, 0.2) is 78.9 Å². The second-order valence-corrected chi connectivity index (χ2v) is 8.66. The summed E-state index contributed by atoms with van der Waals surface area (Å²) < 4.78 is 6.14. The van der Waals surface area contributed by atoms with Crippen molar-refractivity contribution in [3.05, 3.63) is 90.0 Å². The molecule has 156 valence electrons. The van der Waals surface area contributed by atoms with E-state index in [-0.39, 0.29) is 11.8 Å². The van der Waals surface area contributed by atoms with Crippen LogP contribution in [0.25, 0.3) is 0 Å². The maximum Gasteiger partial charge on any atom is 0.306 e. The van der Waals surface area contributed by atoms with E-state index in [1.165, 1.54) is 5.56 Å². The first kappa shape index (κ1) is 20.5. The largest absolute Gasteiger partial charge is 0.493 e. The molecule has 0 aliphatic heterocycles. The van der Waals surface area contributed by atoms with Gasteiger partial charge < -0.3 is 9.84 Å². The lowest BCUT2D eigenvalue weighted by Crippen LogP contribution is -2.20. The summed E-state index contributed by atoms with van der Waals surface area (Å²) in [4.78, 5) is 11.6. The highest BCUT2D eigenvalue weighted by molar-refractivity contribution is 5.71. The fraction of sp³-hybridized carbons (Fsp3) is 0.370. The highest BCUT2D eigenvalue weighted by atomic mass is 16.5. The van der Waals surface area contributed by atoms with Crippen LogP contribution in [-0.4, -0.2) is 17.7 Å². The lowest BCUT2D eigenvalue weighted by atomic mass is 9.83. The summed E-state index contributed by atoms with van der Waals surface area (Å²) in [6.45, 7) is 2.52. The van der Waals surface area contributed by atoms with Crippen molar-refractivity contribution < 1.29 is 14.6 Å². The predicted octanol–water partition coefficient (Wildman–Crippen LogP) is 6.21. The third-order valence-electron chi connectivity index (χ3n) is 6.36. The van der Waals surface area contributed by atoms with Gasteiger partial charge in [0.15, 0.2) is 0 Å². The summed E-state index contributed by atoms with van der Waals surface area (Å²) in [5.41, 5.74) is 2.44. The minimum Gasteiger partial charge on any atom is -0.493 e. The first-order valence-corrected chi connectivity index (χ1v) is 11.0. The number of benzene rings is 1. The molecule has 2 aliphatic carbocycles. The fourth-order valence-electron chi connectivity index (χ4n) is 4.39. The lowest BCUT2D eigenvalue weighted by Gasteiger charge is -2.21. The Morgan fingerprint density at radius 3 is 2.30 bits per heavy atom. The third-order valence-corrected chi connectivity index (χ3v) is 6.36. The van der Waals surface area contributed by atoms with Gasteiger partial charge in [0.2, 0.25) is 0 Å². The van der Waals surface area contributed by atoms with Crippen LogP contribution in [0.1, 0.15) is 49.1 Å². The predicted molar refractivity (Wildman–Crippen MR) is 119 cm³/mol. The molecule has 0 aromatic heterocycles. The van der Waals surface area contributed by atoms with E-state index in [2.05, 4.69) is 48.5 Å². The van der Waals surface area contributed by atoms with Crippen LogP contribution in [0, 0.1) is 17.8 Å². The number of rotatable bonds is 8. The summed E-state index contributed by atoms with van der Waals surface area (Å²) >= 11 is 0. The van der Waals surface area contributed by atoms with Gasteiger partial charge in [0.1, 0.15) is 5.75 Å². The molecule has 0 spiro atoms. The summed E-state index contributed by atoms with van der Waals surface area (Å²) in [6, 6.07) is 26.9. The van der Waals surface area contributed by atoms with Gasteiger partial charge in [-0.25, -0.2) is 0 Å². The molecule has 2 aromatic rings. The number of carboxylic acid groups (broad SMARTS) is 1. The van der Waals surface area contributed by atoms with E-state index in [4.69, 9.17) is 4.74 Å². The SMILES string of the molecule is CC(C(=O)O)C(c1cccc(OCC2CC2c2ccccccccc2)c1)C1CC1. The topological polar surface area (TPSA) is 46.5 Å². The monoisotopic (exact) mass is 402 g/mol. The average Bonchev–Trinajstić information content (AvgIpc) is 3.66. The van der Waals surface area contributed by atoms with Gasteiger partial charge >= 0.3 is 5.97 Å². The van der Waals surface area contributed by atoms with Gasteiger partial charge in [-0.2, -0.15) is 0 Å². The Balaban J connectivity index is 1.40. The quantitative estimate of drug-likeness (QED) is 0.571. The van der Waals surface area contributed by atoms with Crippen molar-refractivity contribution in [2.45, 2.75) is 38.0 Å². The molecule has 0 radical (unpaired) electrons. The smallest absolute Gasteiger partial charge is 0.306 e. The highest BCUT2D eigenvalue weighted by Crippen LogP contribution is 2.48. The van der Waals surface area contributed by atoms with Crippen LogP contribution in [-0.2, 0) is 4.79 Å². The van der Waals surface area contributed by atoms with Crippen molar-refractivity contribution in [3.8, 4) is 5.75 Å². The Hall–Kier alpha value is -2.81. The van der Waals surface area contributed by atoms with Crippen molar-refractivity contribution >= 4 is 5.97 Å². The van der Waals surface area contributed by atoms with Gasteiger partial charge in [-0.05, 0) is 60.3 Å². The van der Waals surface area contributed by atoms with Gasteiger partial charge in [0.05, 0.1) is 12.5 Å². The van der Waals surface area contributed by atoms with E-state index in [0.717, 1.165) is 30.6 Å². The zero-order chi connectivity index (χ0) is 20.9. The Morgan fingerprint density at radius 2 is 1.67 bits per heavy atom. The number of ether oxygens (including phenoxy) is 1. The molecule has 1 N–H and O–H groups in total. The van der Waals surface area contributed by atoms with E-state index in [1.54, 1.807) is 0 Å². The Morgan fingerprint density at radius 1 is 1.00 bits per heavy atom. The zero-order valence-electron chi connectivity index (χ0n) is 17.5. The van der Waals surface area contributed by atoms with Crippen molar-refractivity contribution in [1.82, 2.24) is 0 Å². The molecule has 0 bridgehead atoms. The summed E-state index contributed by atoms with van der Waals surface area (Å²) in [5, 5.41) is 9.51. The highest BCUT2D eigenvalue weighted by Gasteiger charge is 2.40.